The Morgan fingerprint density at radius 3 is 2.80 bits per heavy atom. The second-order valence-electron chi connectivity index (χ2n) is 4.03. The fraction of sp³-hybridized carbons (Fsp3) is 0.0714. The molecule has 2 rings (SSSR count). The number of nitrogens with two attached hydrogens (primary N) is 1. The van der Waals surface area contributed by atoms with Gasteiger partial charge in [-0.1, -0.05) is 23.7 Å². The monoisotopic (exact) mass is 357 g/mol. The van der Waals surface area contributed by atoms with E-state index in [1.165, 1.54) is 18.2 Å². The molecule has 0 heterocycles. The number of halogens is 3. The first kappa shape index (κ1) is 14.8. The first-order valence-electron chi connectivity index (χ1n) is 5.64. The molecule has 0 bridgehead atoms. The lowest BCUT2D eigenvalue weighted by Crippen LogP contribution is -2.07. The number of ether oxygens (including phenoxy) is 1. The van der Waals surface area contributed by atoms with E-state index in [1.54, 1.807) is 18.2 Å². The average Bonchev–Trinajstić information content (AvgIpc) is 2.43. The summed E-state index contributed by atoms with van der Waals surface area (Å²) < 4.78 is 19.3. The molecule has 0 radical (unpaired) electrons. The fourth-order valence-electron chi connectivity index (χ4n) is 1.56. The van der Waals surface area contributed by atoms with Gasteiger partial charge in [0.05, 0.1) is 10.6 Å². The molecule has 2 N–H and O–H groups in total. The normalized spacial score (nSPS) is 10.3. The first-order chi connectivity index (χ1) is 9.49. The number of benzene rings is 2. The van der Waals surface area contributed by atoms with Crippen molar-refractivity contribution in [2.45, 2.75) is 6.61 Å². The van der Waals surface area contributed by atoms with Gasteiger partial charge in [0.25, 0.3) is 0 Å². The Balaban J connectivity index is 2.08. The van der Waals surface area contributed by atoms with Gasteiger partial charge in [-0.2, -0.15) is 0 Å². The minimum absolute atomic E-state index is 0.00793. The van der Waals surface area contributed by atoms with E-state index in [0.29, 0.717) is 15.7 Å². The lowest BCUT2D eigenvalue weighted by atomic mass is 10.2. The molecule has 0 fully saturated rings. The van der Waals surface area contributed by atoms with Gasteiger partial charge in [0.15, 0.2) is 0 Å². The van der Waals surface area contributed by atoms with Crippen molar-refractivity contribution in [2.24, 2.45) is 0 Å². The third-order valence-electron chi connectivity index (χ3n) is 2.62. The molecule has 0 amide bonds. The van der Waals surface area contributed by atoms with Gasteiger partial charge in [-0.3, -0.25) is 0 Å². The van der Waals surface area contributed by atoms with Crippen LogP contribution in [-0.2, 0) is 11.3 Å². The molecule has 0 spiro atoms. The highest BCUT2D eigenvalue weighted by Crippen LogP contribution is 2.22. The van der Waals surface area contributed by atoms with E-state index in [4.69, 9.17) is 22.1 Å². The summed E-state index contributed by atoms with van der Waals surface area (Å²) in [6.07, 6.45) is 0. The smallest absolute Gasteiger partial charge is 0.338 e. The van der Waals surface area contributed by atoms with Crippen LogP contribution in [0, 0.1) is 5.82 Å². The van der Waals surface area contributed by atoms with Crippen molar-refractivity contribution in [3.8, 4) is 0 Å². The molecule has 0 aliphatic rings. The molecule has 6 heteroatoms. The van der Waals surface area contributed by atoms with Crippen LogP contribution in [0.2, 0.25) is 5.02 Å². The van der Waals surface area contributed by atoms with E-state index in [-0.39, 0.29) is 17.2 Å². The predicted molar refractivity (Wildman–Crippen MR) is 79.1 cm³/mol. The van der Waals surface area contributed by atoms with Crippen molar-refractivity contribution in [3.63, 3.8) is 0 Å². The fourth-order valence-corrected chi connectivity index (χ4v) is 2.00. The number of esters is 1. The van der Waals surface area contributed by atoms with E-state index >= 15 is 0 Å². The molecular formula is C14H10BrClFNO2. The highest BCUT2D eigenvalue weighted by Gasteiger charge is 2.12. The van der Waals surface area contributed by atoms with E-state index in [1.807, 2.05) is 0 Å². The van der Waals surface area contributed by atoms with Crippen molar-refractivity contribution in [3.05, 3.63) is 62.8 Å². The standard InChI is InChI=1S/C14H10BrClFNO2/c15-10-5-4-8(6-12(10)18)14(19)20-7-9-2-1-3-11(16)13(9)17/h1-6H,7,18H2. The lowest BCUT2D eigenvalue weighted by Gasteiger charge is -2.07. The lowest BCUT2D eigenvalue weighted by molar-refractivity contribution is 0.0469. The Bertz CT molecular complexity index is 664. The number of rotatable bonds is 3. The van der Waals surface area contributed by atoms with Crippen LogP contribution in [0.25, 0.3) is 0 Å². The minimum atomic E-state index is -0.586. The topological polar surface area (TPSA) is 52.3 Å². The summed E-state index contributed by atoms with van der Waals surface area (Å²) in [5.74, 6) is -1.17. The summed E-state index contributed by atoms with van der Waals surface area (Å²) >= 11 is 8.88. The Labute approximate surface area is 128 Å². The average molecular weight is 359 g/mol. The number of hydrogen-bond donors (Lipinski definition) is 1. The van der Waals surface area contributed by atoms with E-state index in [0.717, 1.165) is 0 Å². The molecule has 3 nitrogen and oxygen atoms in total. The van der Waals surface area contributed by atoms with Crippen LogP contribution in [0.3, 0.4) is 0 Å². The maximum atomic E-state index is 13.6. The van der Waals surface area contributed by atoms with Gasteiger partial charge < -0.3 is 10.5 Å². The molecule has 0 aromatic heterocycles. The third-order valence-corrected chi connectivity index (χ3v) is 3.64. The highest BCUT2D eigenvalue weighted by molar-refractivity contribution is 9.10. The molecule has 104 valence electrons. The van der Waals surface area contributed by atoms with E-state index < -0.39 is 11.8 Å². The van der Waals surface area contributed by atoms with Crippen LogP contribution >= 0.6 is 27.5 Å². The Kier molecular flexibility index (Phi) is 4.62. The van der Waals surface area contributed by atoms with Crippen molar-refractivity contribution in [1.29, 1.82) is 0 Å². The molecule has 20 heavy (non-hydrogen) atoms. The number of nitrogen functional groups attached to an aromatic ring is 1. The quantitative estimate of drug-likeness (QED) is 0.661. The maximum absolute atomic E-state index is 13.6. The van der Waals surface area contributed by atoms with Crippen molar-refractivity contribution in [2.75, 3.05) is 5.73 Å². The van der Waals surface area contributed by atoms with Gasteiger partial charge in [0, 0.05) is 15.7 Å². The molecule has 0 unspecified atom stereocenters. The Hall–Kier alpha value is -1.59. The van der Waals surface area contributed by atoms with Crippen LogP contribution in [0.15, 0.2) is 40.9 Å². The van der Waals surface area contributed by atoms with Gasteiger partial charge in [-0.25, -0.2) is 9.18 Å². The Morgan fingerprint density at radius 2 is 2.10 bits per heavy atom. The van der Waals surface area contributed by atoms with Crippen LogP contribution in [0.5, 0.6) is 0 Å². The Morgan fingerprint density at radius 1 is 1.35 bits per heavy atom. The predicted octanol–water partition coefficient (Wildman–Crippen LogP) is 4.18. The molecule has 0 saturated carbocycles. The zero-order valence-corrected chi connectivity index (χ0v) is 12.5. The number of hydrogen-bond acceptors (Lipinski definition) is 3. The van der Waals surface area contributed by atoms with Gasteiger partial charge >= 0.3 is 5.97 Å². The van der Waals surface area contributed by atoms with Crippen molar-refractivity contribution in [1.82, 2.24) is 0 Å². The van der Waals surface area contributed by atoms with Gasteiger partial charge in [0.1, 0.15) is 12.4 Å². The molecule has 0 aliphatic heterocycles. The summed E-state index contributed by atoms with van der Waals surface area (Å²) in [7, 11) is 0. The largest absolute Gasteiger partial charge is 0.457 e. The highest BCUT2D eigenvalue weighted by atomic mass is 79.9. The minimum Gasteiger partial charge on any atom is -0.457 e. The summed E-state index contributed by atoms with van der Waals surface area (Å²) in [4.78, 5) is 11.8. The summed E-state index contributed by atoms with van der Waals surface area (Å²) in [6, 6.07) is 9.22. The molecule has 0 aliphatic carbocycles. The SMILES string of the molecule is Nc1cc(C(=O)OCc2cccc(Cl)c2F)ccc1Br. The number of carbonyl (C=O) groups is 1. The molecular weight excluding hydrogens is 349 g/mol. The molecule has 0 atom stereocenters. The zero-order valence-electron chi connectivity index (χ0n) is 10.2. The second kappa shape index (κ2) is 6.24. The molecule has 2 aromatic carbocycles. The van der Waals surface area contributed by atoms with Crippen molar-refractivity contribution < 1.29 is 13.9 Å². The summed E-state index contributed by atoms with van der Waals surface area (Å²) in [5.41, 5.74) is 6.62. The van der Waals surface area contributed by atoms with Gasteiger partial charge in [0.2, 0.25) is 0 Å². The van der Waals surface area contributed by atoms with Crippen LogP contribution in [0.1, 0.15) is 15.9 Å². The number of carbonyl (C=O) groups excluding carboxylic acids is 1. The first-order valence-corrected chi connectivity index (χ1v) is 6.81. The van der Waals surface area contributed by atoms with Crippen LogP contribution in [0.4, 0.5) is 10.1 Å². The second-order valence-corrected chi connectivity index (χ2v) is 5.29. The zero-order chi connectivity index (χ0) is 14.7. The molecule has 0 saturated heterocycles. The van der Waals surface area contributed by atoms with E-state index in [9.17, 15) is 9.18 Å². The maximum Gasteiger partial charge on any atom is 0.338 e. The number of anilines is 1. The summed E-state index contributed by atoms with van der Waals surface area (Å²) in [5, 5.41) is -0.00793. The van der Waals surface area contributed by atoms with Crippen LogP contribution < -0.4 is 5.73 Å². The van der Waals surface area contributed by atoms with E-state index in [2.05, 4.69) is 15.9 Å². The van der Waals surface area contributed by atoms with Crippen molar-refractivity contribution >= 4 is 39.2 Å². The molecule has 2 aromatic rings. The van der Waals surface area contributed by atoms with Gasteiger partial charge in [-0.05, 0) is 40.2 Å². The van der Waals surface area contributed by atoms with Crippen LogP contribution in [-0.4, -0.2) is 5.97 Å². The summed E-state index contributed by atoms with van der Waals surface area (Å²) in [6.45, 7) is -0.193. The van der Waals surface area contributed by atoms with Gasteiger partial charge in [-0.15, -0.1) is 0 Å². The third kappa shape index (κ3) is 3.29.